The largest absolute Gasteiger partial charge is 0.491 e. The molecule has 5 heteroatoms. The molecule has 2 aromatic rings. The first-order valence-corrected chi connectivity index (χ1v) is 6.43. The van der Waals surface area contributed by atoms with Crippen molar-refractivity contribution in [1.29, 1.82) is 0 Å². The Morgan fingerprint density at radius 2 is 1.80 bits per heavy atom. The molecular weight excluding hydrogens is 286 g/mol. The van der Waals surface area contributed by atoms with E-state index in [1.54, 1.807) is 24.3 Å². The maximum Gasteiger partial charge on any atom is 0.129 e. The van der Waals surface area contributed by atoms with Crippen LogP contribution in [-0.4, -0.2) is 17.8 Å². The summed E-state index contributed by atoms with van der Waals surface area (Å²) in [5.74, 6) is -0.748. The summed E-state index contributed by atoms with van der Waals surface area (Å²) in [5, 5.41) is 10.4. The van der Waals surface area contributed by atoms with Crippen LogP contribution in [0.4, 0.5) is 8.78 Å². The van der Waals surface area contributed by atoms with Crippen LogP contribution in [0.1, 0.15) is 5.56 Å². The van der Waals surface area contributed by atoms with Crippen LogP contribution >= 0.6 is 11.6 Å². The van der Waals surface area contributed by atoms with Crippen LogP contribution in [0.5, 0.6) is 5.75 Å². The van der Waals surface area contributed by atoms with Gasteiger partial charge in [-0.15, -0.1) is 0 Å². The lowest BCUT2D eigenvalue weighted by atomic mass is 10.1. The van der Waals surface area contributed by atoms with Gasteiger partial charge in [-0.05, 0) is 35.9 Å². The summed E-state index contributed by atoms with van der Waals surface area (Å²) in [5.41, 5.74) is 0.249. The second-order valence-corrected chi connectivity index (χ2v) is 4.80. The highest BCUT2D eigenvalue weighted by Crippen LogP contribution is 2.16. The van der Waals surface area contributed by atoms with E-state index in [0.717, 1.165) is 12.1 Å². The molecule has 0 amide bonds. The number of benzene rings is 2. The molecule has 2 nitrogen and oxygen atoms in total. The van der Waals surface area contributed by atoms with E-state index in [9.17, 15) is 13.9 Å². The lowest BCUT2D eigenvalue weighted by Gasteiger charge is -2.13. The van der Waals surface area contributed by atoms with Gasteiger partial charge in [0.1, 0.15) is 24.0 Å². The number of hydrogen-bond acceptors (Lipinski definition) is 2. The molecule has 20 heavy (non-hydrogen) atoms. The third-order valence-corrected chi connectivity index (χ3v) is 2.98. The number of hydrogen-bond donors (Lipinski definition) is 1. The van der Waals surface area contributed by atoms with E-state index in [1.165, 1.54) is 6.07 Å². The number of rotatable bonds is 5. The van der Waals surface area contributed by atoms with Gasteiger partial charge in [0.15, 0.2) is 0 Å². The van der Waals surface area contributed by atoms with Crippen molar-refractivity contribution in [3.8, 4) is 5.75 Å². The topological polar surface area (TPSA) is 29.5 Å². The third-order valence-electron chi connectivity index (χ3n) is 2.73. The summed E-state index contributed by atoms with van der Waals surface area (Å²) >= 11 is 5.73. The van der Waals surface area contributed by atoms with Crippen LogP contribution in [0, 0.1) is 11.6 Å². The maximum atomic E-state index is 13.4. The molecule has 0 aliphatic heterocycles. The average Bonchev–Trinajstić information content (AvgIpc) is 2.41. The van der Waals surface area contributed by atoms with Crippen molar-refractivity contribution in [1.82, 2.24) is 0 Å². The van der Waals surface area contributed by atoms with E-state index in [2.05, 4.69) is 0 Å². The Bertz CT molecular complexity index is 573. The molecule has 0 aliphatic rings. The molecule has 0 bridgehead atoms. The molecule has 1 atom stereocenters. The Labute approximate surface area is 120 Å². The molecule has 0 spiro atoms. The van der Waals surface area contributed by atoms with Crippen molar-refractivity contribution in [2.75, 3.05) is 6.61 Å². The first-order valence-electron chi connectivity index (χ1n) is 6.05. The van der Waals surface area contributed by atoms with Gasteiger partial charge >= 0.3 is 0 Å². The summed E-state index contributed by atoms with van der Waals surface area (Å²) in [6.07, 6.45) is -0.828. The van der Waals surface area contributed by atoms with Crippen LogP contribution < -0.4 is 4.74 Å². The number of halogens is 3. The standard InChI is InChI=1S/C15H13ClF2O2/c16-11-2-5-14(6-3-11)20-9-13(19)7-10-1-4-12(17)8-15(10)18/h1-6,8,13,19H,7,9H2. The van der Waals surface area contributed by atoms with Gasteiger partial charge in [0.05, 0.1) is 6.10 Å². The van der Waals surface area contributed by atoms with Crippen LogP contribution in [0.25, 0.3) is 0 Å². The Balaban J connectivity index is 1.89. The zero-order chi connectivity index (χ0) is 14.5. The molecule has 1 unspecified atom stereocenters. The fourth-order valence-electron chi connectivity index (χ4n) is 1.72. The SMILES string of the molecule is OC(COc1ccc(Cl)cc1)Cc1ccc(F)cc1F. The molecule has 1 N–H and O–H groups in total. The first kappa shape index (κ1) is 14.8. The molecule has 0 aliphatic carbocycles. The molecule has 0 aromatic heterocycles. The number of ether oxygens (including phenoxy) is 1. The summed E-state index contributed by atoms with van der Waals surface area (Å²) in [6.45, 7) is 0.0124. The Morgan fingerprint density at radius 3 is 2.45 bits per heavy atom. The summed E-state index contributed by atoms with van der Waals surface area (Å²) in [4.78, 5) is 0. The minimum atomic E-state index is -0.884. The van der Waals surface area contributed by atoms with E-state index >= 15 is 0 Å². The lowest BCUT2D eigenvalue weighted by Crippen LogP contribution is -2.20. The average molecular weight is 299 g/mol. The van der Waals surface area contributed by atoms with Gasteiger partial charge in [-0.1, -0.05) is 17.7 Å². The van der Waals surface area contributed by atoms with Gasteiger partial charge in [-0.25, -0.2) is 8.78 Å². The highest BCUT2D eigenvalue weighted by molar-refractivity contribution is 6.30. The molecule has 0 heterocycles. The van der Waals surface area contributed by atoms with Gasteiger partial charge in [0.2, 0.25) is 0 Å². The van der Waals surface area contributed by atoms with E-state index in [-0.39, 0.29) is 18.6 Å². The monoisotopic (exact) mass is 298 g/mol. The normalized spacial score (nSPS) is 12.2. The smallest absolute Gasteiger partial charge is 0.129 e. The molecule has 0 fully saturated rings. The van der Waals surface area contributed by atoms with Crippen molar-refractivity contribution in [2.45, 2.75) is 12.5 Å². The Kier molecular flexibility index (Phi) is 4.93. The van der Waals surface area contributed by atoms with Crippen molar-refractivity contribution in [2.24, 2.45) is 0 Å². The van der Waals surface area contributed by atoms with Crippen molar-refractivity contribution < 1.29 is 18.6 Å². The molecule has 106 valence electrons. The second-order valence-electron chi connectivity index (χ2n) is 4.36. The number of aliphatic hydroxyl groups is 1. The van der Waals surface area contributed by atoms with Crippen LogP contribution in [-0.2, 0) is 6.42 Å². The Hall–Kier alpha value is -1.65. The fraction of sp³-hybridized carbons (Fsp3) is 0.200. The molecule has 0 saturated heterocycles. The van der Waals surface area contributed by atoms with Gasteiger partial charge in [0.25, 0.3) is 0 Å². The molecule has 2 rings (SSSR count). The van der Waals surface area contributed by atoms with Gasteiger partial charge in [-0.2, -0.15) is 0 Å². The number of aliphatic hydroxyl groups excluding tert-OH is 1. The van der Waals surface area contributed by atoms with Crippen LogP contribution in [0.15, 0.2) is 42.5 Å². The van der Waals surface area contributed by atoms with Gasteiger partial charge < -0.3 is 9.84 Å². The van der Waals surface area contributed by atoms with Crippen molar-refractivity contribution in [3.05, 3.63) is 64.7 Å². The Morgan fingerprint density at radius 1 is 1.10 bits per heavy atom. The second kappa shape index (κ2) is 6.68. The predicted octanol–water partition coefficient (Wildman–Crippen LogP) is 3.60. The predicted molar refractivity (Wildman–Crippen MR) is 73.0 cm³/mol. The van der Waals surface area contributed by atoms with E-state index < -0.39 is 17.7 Å². The molecule has 0 radical (unpaired) electrons. The highest BCUT2D eigenvalue weighted by Gasteiger charge is 2.11. The van der Waals surface area contributed by atoms with Gasteiger partial charge in [0, 0.05) is 17.5 Å². The molecular formula is C15H13ClF2O2. The van der Waals surface area contributed by atoms with Crippen molar-refractivity contribution >= 4 is 11.6 Å². The first-order chi connectivity index (χ1) is 9.54. The molecule has 0 saturated carbocycles. The van der Waals surface area contributed by atoms with Gasteiger partial charge in [-0.3, -0.25) is 0 Å². The zero-order valence-electron chi connectivity index (χ0n) is 10.5. The van der Waals surface area contributed by atoms with Crippen LogP contribution in [0.3, 0.4) is 0 Å². The quantitative estimate of drug-likeness (QED) is 0.914. The minimum absolute atomic E-state index is 0.0124. The summed E-state index contributed by atoms with van der Waals surface area (Å²) in [7, 11) is 0. The lowest BCUT2D eigenvalue weighted by molar-refractivity contribution is 0.107. The third kappa shape index (κ3) is 4.18. The maximum absolute atomic E-state index is 13.4. The highest BCUT2D eigenvalue weighted by atomic mass is 35.5. The van der Waals surface area contributed by atoms with E-state index in [0.29, 0.717) is 10.8 Å². The molecule has 2 aromatic carbocycles. The summed E-state index contributed by atoms with van der Waals surface area (Å²) < 4.78 is 31.5. The minimum Gasteiger partial charge on any atom is -0.491 e. The zero-order valence-corrected chi connectivity index (χ0v) is 11.3. The van der Waals surface area contributed by atoms with Crippen LogP contribution in [0.2, 0.25) is 5.02 Å². The fourth-order valence-corrected chi connectivity index (χ4v) is 1.85. The van der Waals surface area contributed by atoms with Crippen molar-refractivity contribution in [3.63, 3.8) is 0 Å². The van der Waals surface area contributed by atoms with E-state index in [4.69, 9.17) is 16.3 Å². The summed E-state index contributed by atoms with van der Waals surface area (Å²) in [6, 6.07) is 9.95. The van der Waals surface area contributed by atoms with E-state index in [1.807, 2.05) is 0 Å².